The Morgan fingerprint density at radius 3 is 2.31 bits per heavy atom. The van der Waals surface area contributed by atoms with E-state index in [9.17, 15) is 18.0 Å². The first-order chi connectivity index (χ1) is 20.2. The third kappa shape index (κ3) is 6.85. The van der Waals surface area contributed by atoms with Crippen LogP contribution in [0.1, 0.15) is 53.2 Å². The molecule has 2 amide bonds. The number of carbonyl (C=O) groups is 2. The summed E-state index contributed by atoms with van der Waals surface area (Å²) in [4.78, 5) is 31.3. The number of likely N-dealkylation sites (tertiary alicyclic amines) is 2. The van der Waals surface area contributed by atoms with Gasteiger partial charge < -0.3 is 19.9 Å². The van der Waals surface area contributed by atoms with Crippen LogP contribution in [-0.2, 0) is 21.2 Å². The lowest BCUT2D eigenvalue weighted by Gasteiger charge is -2.38. The zero-order valence-electron chi connectivity index (χ0n) is 24.3. The smallest absolute Gasteiger partial charge is 0.251 e. The van der Waals surface area contributed by atoms with E-state index >= 15 is 0 Å². The minimum Gasteiger partial charge on any atom is -0.497 e. The molecule has 0 bridgehead atoms. The molecular weight excluding hydrogens is 550 g/mol. The van der Waals surface area contributed by atoms with Crippen LogP contribution in [0.25, 0.3) is 0 Å². The molecule has 222 valence electrons. The molecule has 1 unspecified atom stereocenters. The predicted molar refractivity (Wildman–Crippen MR) is 162 cm³/mol. The van der Waals surface area contributed by atoms with Crippen molar-refractivity contribution < 1.29 is 22.7 Å². The second kappa shape index (κ2) is 12.7. The number of piperidine rings is 1. The average Bonchev–Trinajstić information content (AvgIpc) is 3.30. The zero-order chi connectivity index (χ0) is 29.7. The van der Waals surface area contributed by atoms with Crippen LogP contribution in [0.2, 0.25) is 0 Å². The Morgan fingerprint density at radius 1 is 0.952 bits per heavy atom. The van der Waals surface area contributed by atoms with Gasteiger partial charge in [-0.2, -0.15) is 0 Å². The summed E-state index contributed by atoms with van der Waals surface area (Å²) >= 11 is 0. The van der Waals surface area contributed by atoms with E-state index in [1.54, 1.807) is 43.5 Å². The summed E-state index contributed by atoms with van der Waals surface area (Å²) in [6.07, 6.45) is 4.45. The molecular formula is C33H39N3O5S. The number of hydrogen-bond acceptors (Lipinski definition) is 6. The zero-order valence-corrected chi connectivity index (χ0v) is 25.1. The van der Waals surface area contributed by atoms with Crippen molar-refractivity contribution in [2.24, 2.45) is 5.41 Å². The van der Waals surface area contributed by atoms with Gasteiger partial charge in [-0.1, -0.05) is 48.5 Å². The van der Waals surface area contributed by atoms with Crippen LogP contribution in [-0.4, -0.2) is 69.6 Å². The van der Waals surface area contributed by atoms with Crippen molar-refractivity contribution in [3.63, 3.8) is 0 Å². The fourth-order valence-electron chi connectivity index (χ4n) is 6.10. The Labute approximate surface area is 248 Å². The van der Waals surface area contributed by atoms with Crippen LogP contribution >= 0.6 is 0 Å². The number of nitrogens with one attached hydrogen (secondary N) is 1. The van der Waals surface area contributed by atoms with Gasteiger partial charge in [0.05, 0.1) is 23.5 Å². The lowest BCUT2D eigenvalue weighted by Crippen LogP contribution is -2.45. The Kier molecular flexibility index (Phi) is 8.99. The van der Waals surface area contributed by atoms with E-state index in [1.165, 1.54) is 6.26 Å². The highest BCUT2D eigenvalue weighted by molar-refractivity contribution is 7.90. The van der Waals surface area contributed by atoms with Crippen molar-refractivity contribution in [1.82, 2.24) is 15.1 Å². The highest BCUT2D eigenvalue weighted by Crippen LogP contribution is 2.42. The summed E-state index contributed by atoms with van der Waals surface area (Å²) in [6, 6.07) is 23.9. The van der Waals surface area contributed by atoms with Crippen LogP contribution in [0.4, 0.5) is 0 Å². The fraction of sp³-hybridized carbons (Fsp3) is 0.394. The van der Waals surface area contributed by atoms with Gasteiger partial charge >= 0.3 is 0 Å². The second-order valence-electron chi connectivity index (χ2n) is 11.5. The molecule has 0 aliphatic carbocycles. The minimum absolute atomic E-state index is 0.136. The number of rotatable bonds is 10. The predicted octanol–water partition coefficient (Wildman–Crippen LogP) is 4.47. The van der Waals surface area contributed by atoms with E-state index in [4.69, 9.17) is 4.74 Å². The summed E-state index contributed by atoms with van der Waals surface area (Å²) in [5.74, 6) is 0.719. The molecule has 9 heteroatoms. The lowest BCUT2D eigenvalue weighted by molar-refractivity contribution is -0.138. The van der Waals surface area contributed by atoms with E-state index in [1.807, 2.05) is 47.4 Å². The van der Waals surface area contributed by atoms with Crippen molar-refractivity contribution in [1.29, 1.82) is 0 Å². The topological polar surface area (TPSA) is 96.0 Å². The third-order valence-electron chi connectivity index (χ3n) is 8.71. The maximum absolute atomic E-state index is 13.5. The lowest BCUT2D eigenvalue weighted by atomic mass is 9.77. The molecule has 1 N–H and O–H groups in total. The number of amides is 2. The van der Waals surface area contributed by atoms with Crippen LogP contribution in [0.5, 0.6) is 5.75 Å². The number of sulfone groups is 1. The molecule has 1 spiro atoms. The minimum atomic E-state index is -3.24. The summed E-state index contributed by atoms with van der Waals surface area (Å²) in [5, 5.41) is 3.22. The Morgan fingerprint density at radius 2 is 1.64 bits per heavy atom. The van der Waals surface area contributed by atoms with Gasteiger partial charge in [0.15, 0.2) is 9.84 Å². The number of benzene rings is 3. The second-order valence-corrected chi connectivity index (χ2v) is 13.5. The molecule has 2 fully saturated rings. The number of ether oxygens (including phenoxy) is 1. The maximum Gasteiger partial charge on any atom is 0.251 e. The fourth-order valence-corrected chi connectivity index (χ4v) is 6.73. The summed E-state index contributed by atoms with van der Waals surface area (Å²) in [5.41, 5.74) is 2.25. The van der Waals surface area contributed by atoms with Crippen LogP contribution in [0, 0.1) is 5.41 Å². The molecule has 0 radical (unpaired) electrons. The van der Waals surface area contributed by atoms with Gasteiger partial charge in [0.2, 0.25) is 5.91 Å². The van der Waals surface area contributed by atoms with Gasteiger partial charge in [0.25, 0.3) is 5.91 Å². The van der Waals surface area contributed by atoms with E-state index in [-0.39, 0.29) is 28.2 Å². The summed E-state index contributed by atoms with van der Waals surface area (Å²) in [7, 11) is -1.66. The van der Waals surface area contributed by atoms with E-state index < -0.39 is 9.84 Å². The van der Waals surface area contributed by atoms with Crippen molar-refractivity contribution >= 4 is 21.7 Å². The first kappa shape index (κ1) is 29.8. The van der Waals surface area contributed by atoms with Crippen molar-refractivity contribution in [2.45, 2.75) is 43.2 Å². The molecule has 3 aromatic carbocycles. The molecule has 3 aromatic rings. The molecule has 1 atom stereocenters. The molecule has 5 rings (SSSR count). The molecule has 2 heterocycles. The van der Waals surface area contributed by atoms with Crippen molar-refractivity contribution in [2.75, 3.05) is 39.5 Å². The van der Waals surface area contributed by atoms with Gasteiger partial charge in [-0.25, -0.2) is 8.42 Å². The highest BCUT2D eigenvalue weighted by Gasteiger charge is 2.47. The number of methoxy groups -OCH3 is 1. The Hall–Kier alpha value is -3.69. The first-order valence-electron chi connectivity index (χ1n) is 14.5. The van der Waals surface area contributed by atoms with Gasteiger partial charge in [0, 0.05) is 31.5 Å². The molecule has 8 nitrogen and oxygen atoms in total. The number of nitrogens with zero attached hydrogens (tertiary/aromatic N) is 2. The summed E-state index contributed by atoms with van der Waals surface area (Å²) in [6.45, 7) is 3.72. The van der Waals surface area contributed by atoms with E-state index in [0.717, 1.165) is 63.0 Å². The van der Waals surface area contributed by atoms with Gasteiger partial charge in [-0.15, -0.1) is 0 Å². The number of hydrogen-bond donors (Lipinski definition) is 1. The van der Waals surface area contributed by atoms with E-state index in [0.29, 0.717) is 17.9 Å². The molecule has 2 saturated heterocycles. The molecule has 0 aromatic heterocycles. The molecule has 2 aliphatic heterocycles. The van der Waals surface area contributed by atoms with Crippen molar-refractivity contribution in [3.05, 3.63) is 95.6 Å². The van der Waals surface area contributed by atoms with E-state index in [2.05, 4.69) is 10.2 Å². The molecule has 2 aliphatic rings. The van der Waals surface area contributed by atoms with Crippen LogP contribution in [0.15, 0.2) is 83.8 Å². The van der Waals surface area contributed by atoms with Gasteiger partial charge in [-0.3, -0.25) is 9.59 Å². The monoisotopic (exact) mass is 589 g/mol. The highest BCUT2D eigenvalue weighted by atomic mass is 32.2. The first-order valence-corrected chi connectivity index (χ1v) is 16.4. The average molecular weight is 590 g/mol. The third-order valence-corrected chi connectivity index (χ3v) is 9.84. The quantitative estimate of drug-likeness (QED) is 0.375. The van der Waals surface area contributed by atoms with Gasteiger partial charge in [-0.05, 0) is 80.2 Å². The number of carbonyl (C=O) groups excluding carboxylic acids is 2. The molecule has 0 saturated carbocycles. The normalized spacial score (nSPS) is 17.8. The summed E-state index contributed by atoms with van der Waals surface area (Å²) < 4.78 is 28.8. The van der Waals surface area contributed by atoms with Crippen LogP contribution < -0.4 is 10.1 Å². The van der Waals surface area contributed by atoms with Crippen LogP contribution in [0.3, 0.4) is 0 Å². The SMILES string of the molecule is COc1cccc(C(=O)NC(CCN2CCC3(CC2)CCN(Cc2ccc(S(C)(=O)=O)cc2)C3=O)c2ccccc2)c1. The Balaban J connectivity index is 1.16. The largest absolute Gasteiger partial charge is 0.497 e. The van der Waals surface area contributed by atoms with Crippen molar-refractivity contribution in [3.8, 4) is 5.75 Å². The van der Waals surface area contributed by atoms with Gasteiger partial charge in [0.1, 0.15) is 5.75 Å². The standard InChI is InChI=1S/C33H39N3O5S/c1-41-28-10-6-9-27(23-28)31(37)34-30(26-7-4-3-5-8-26)15-19-35-20-16-33(17-21-35)18-22-36(32(33)38)24-25-11-13-29(14-12-25)42(2,39)40/h3-14,23,30H,15-22,24H2,1-2H3,(H,34,37). The Bertz CT molecular complexity index is 1500. The maximum atomic E-state index is 13.5. The molecule has 42 heavy (non-hydrogen) atoms.